The monoisotopic (exact) mass is 343 g/mol. The summed E-state index contributed by atoms with van der Waals surface area (Å²) < 4.78 is 30.8. The van der Waals surface area contributed by atoms with Crippen LogP contribution in [0.1, 0.15) is 24.2 Å². The normalized spacial score (nSPS) is 12.3. The number of halogens is 3. The molecule has 0 spiro atoms. The summed E-state index contributed by atoms with van der Waals surface area (Å²) in [6, 6.07) is 3.97. The average Bonchev–Trinajstić information content (AvgIpc) is 2.80. The number of carbonyl (C=O) groups is 1. The molecule has 0 aliphatic carbocycles. The highest BCUT2D eigenvalue weighted by molar-refractivity contribution is 6.31. The Bertz CT molecular complexity index is 699. The number of alkyl halides is 2. The van der Waals surface area contributed by atoms with E-state index in [0.717, 1.165) is 5.56 Å². The van der Waals surface area contributed by atoms with E-state index >= 15 is 0 Å². The highest BCUT2D eigenvalue weighted by atomic mass is 35.5. The number of nitrogens with one attached hydrogen (secondary N) is 1. The van der Waals surface area contributed by atoms with E-state index in [4.69, 9.17) is 11.6 Å². The summed E-state index contributed by atoms with van der Waals surface area (Å²) in [6.45, 7) is 2.11. The molecular weight excluding hydrogens is 328 g/mol. The maximum absolute atomic E-state index is 12.5. The smallest absolute Gasteiger partial charge is 0.387 e. The molecule has 1 atom stereocenters. The number of ether oxygens (including phenoxy) is 1. The molecule has 1 aromatic heterocycles. The summed E-state index contributed by atoms with van der Waals surface area (Å²) in [5, 5.41) is 7.15. The van der Waals surface area contributed by atoms with E-state index < -0.39 is 18.6 Å². The fourth-order valence-corrected chi connectivity index (χ4v) is 2.08. The van der Waals surface area contributed by atoms with Gasteiger partial charge in [-0.1, -0.05) is 17.7 Å². The van der Waals surface area contributed by atoms with Gasteiger partial charge in [-0.3, -0.25) is 9.48 Å². The van der Waals surface area contributed by atoms with Crippen molar-refractivity contribution in [2.45, 2.75) is 33.4 Å². The lowest BCUT2D eigenvalue weighted by molar-refractivity contribution is -0.119. The lowest BCUT2D eigenvalue weighted by Gasteiger charge is -2.16. The summed E-state index contributed by atoms with van der Waals surface area (Å²) in [7, 11) is 0. The number of nitrogens with zero attached hydrogens (tertiary/aromatic N) is 2. The second kappa shape index (κ2) is 6.95. The number of amides is 1. The molecule has 0 aliphatic heterocycles. The molecule has 1 amide bonds. The van der Waals surface area contributed by atoms with Crippen LogP contribution in [0.15, 0.2) is 24.4 Å². The Balaban J connectivity index is 2.19. The fourth-order valence-electron chi connectivity index (χ4n) is 1.94. The SMILES string of the molecule is Cc1ccc(NC(=O)C(C)n2cc(Cl)c(C)n2)c(OC(F)F)c1. The minimum absolute atomic E-state index is 0.0878. The summed E-state index contributed by atoms with van der Waals surface area (Å²) >= 11 is 5.92. The van der Waals surface area contributed by atoms with Gasteiger partial charge in [0.05, 0.1) is 16.4 Å². The quantitative estimate of drug-likeness (QED) is 0.894. The molecule has 1 unspecified atom stereocenters. The van der Waals surface area contributed by atoms with E-state index in [1.807, 2.05) is 0 Å². The van der Waals surface area contributed by atoms with Gasteiger partial charge in [0.15, 0.2) is 0 Å². The first-order valence-electron chi connectivity index (χ1n) is 6.85. The van der Waals surface area contributed by atoms with E-state index in [9.17, 15) is 13.6 Å². The number of hydrogen-bond donors (Lipinski definition) is 1. The van der Waals surface area contributed by atoms with Gasteiger partial charge < -0.3 is 10.1 Å². The van der Waals surface area contributed by atoms with E-state index in [0.29, 0.717) is 10.7 Å². The minimum Gasteiger partial charge on any atom is -0.433 e. The Morgan fingerprint density at radius 2 is 2.09 bits per heavy atom. The molecule has 2 rings (SSSR count). The van der Waals surface area contributed by atoms with Crippen molar-refractivity contribution in [3.63, 3.8) is 0 Å². The first kappa shape index (κ1) is 17.2. The fraction of sp³-hybridized carbons (Fsp3) is 0.333. The van der Waals surface area contributed by atoms with Crippen LogP contribution in [0.2, 0.25) is 5.02 Å². The average molecular weight is 344 g/mol. The second-order valence-electron chi connectivity index (χ2n) is 5.09. The molecule has 0 aliphatic rings. The zero-order valence-electron chi connectivity index (χ0n) is 12.8. The van der Waals surface area contributed by atoms with Crippen molar-refractivity contribution in [1.29, 1.82) is 0 Å². The van der Waals surface area contributed by atoms with Gasteiger partial charge in [0.2, 0.25) is 5.91 Å². The van der Waals surface area contributed by atoms with Gasteiger partial charge in [-0.25, -0.2) is 0 Å². The van der Waals surface area contributed by atoms with E-state index in [-0.39, 0.29) is 11.4 Å². The molecule has 0 radical (unpaired) electrons. The molecule has 0 saturated carbocycles. The molecule has 1 heterocycles. The third-order valence-corrected chi connectivity index (χ3v) is 3.62. The molecule has 8 heteroatoms. The van der Waals surface area contributed by atoms with Crippen molar-refractivity contribution in [2.24, 2.45) is 0 Å². The van der Waals surface area contributed by atoms with E-state index in [2.05, 4.69) is 15.2 Å². The topological polar surface area (TPSA) is 56.2 Å². The lowest BCUT2D eigenvalue weighted by Crippen LogP contribution is -2.24. The third kappa shape index (κ3) is 4.19. The van der Waals surface area contributed by atoms with Gasteiger partial charge in [-0.2, -0.15) is 13.9 Å². The van der Waals surface area contributed by atoms with Gasteiger partial charge in [0.1, 0.15) is 11.8 Å². The van der Waals surface area contributed by atoms with Crippen LogP contribution in [0.4, 0.5) is 14.5 Å². The zero-order valence-corrected chi connectivity index (χ0v) is 13.6. The van der Waals surface area contributed by atoms with Gasteiger partial charge in [0.25, 0.3) is 0 Å². The van der Waals surface area contributed by atoms with Crippen LogP contribution in [0.3, 0.4) is 0 Å². The van der Waals surface area contributed by atoms with Gasteiger partial charge >= 0.3 is 6.61 Å². The molecule has 2 aromatic rings. The second-order valence-corrected chi connectivity index (χ2v) is 5.49. The van der Waals surface area contributed by atoms with Crippen LogP contribution in [-0.2, 0) is 4.79 Å². The number of carbonyl (C=O) groups excluding carboxylic acids is 1. The Morgan fingerprint density at radius 1 is 1.39 bits per heavy atom. The van der Waals surface area contributed by atoms with Gasteiger partial charge in [-0.15, -0.1) is 0 Å². The van der Waals surface area contributed by atoms with Gasteiger partial charge in [-0.05, 0) is 38.5 Å². The van der Waals surface area contributed by atoms with E-state index in [1.54, 1.807) is 26.8 Å². The predicted molar refractivity (Wildman–Crippen MR) is 83.1 cm³/mol. The molecule has 0 saturated heterocycles. The molecule has 5 nitrogen and oxygen atoms in total. The number of rotatable bonds is 5. The Kier molecular flexibility index (Phi) is 5.20. The standard InChI is InChI=1S/C15H16ClF2N3O2/c1-8-4-5-12(13(6-8)23-15(17)18)19-14(22)10(3)21-7-11(16)9(2)20-21/h4-7,10,15H,1-3H3,(H,19,22). The molecular formula is C15H16ClF2N3O2. The van der Waals surface area contributed by atoms with Crippen molar-refractivity contribution >= 4 is 23.2 Å². The van der Waals surface area contributed by atoms with Crippen molar-refractivity contribution < 1.29 is 18.3 Å². The number of aryl methyl sites for hydroxylation is 2. The summed E-state index contributed by atoms with van der Waals surface area (Å²) in [4.78, 5) is 12.3. The predicted octanol–water partition coefficient (Wildman–Crippen LogP) is 3.95. The molecule has 0 fully saturated rings. The van der Waals surface area contributed by atoms with Crippen molar-refractivity contribution in [1.82, 2.24) is 9.78 Å². The number of anilines is 1. The number of aromatic nitrogens is 2. The maximum atomic E-state index is 12.5. The van der Waals surface area contributed by atoms with Crippen LogP contribution in [0.5, 0.6) is 5.75 Å². The first-order chi connectivity index (χ1) is 10.8. The van der Waals surface area contributed by atoms with Crippen LogP contribution in [0.25, 0.3) is 0 Å². The molecule has 1 N–H and O–H groups in total. The Hall–Kier alpha value is -2.15. The molecule has 0 bridgehead atoms. The van der Waals surface area contributed by atoms with Crippen LogP contribution in [0, 0.1) is 13.8 Å². The third-order valence-electron chi connectivity index (χ3n) is 3.24. The van der Waals surface area contributed by atoms with Crippen molar-refractivity contribution in [3.05, 3.63) is 40.7 Å². The van der Waals surface area contributed by atoms with Gasteiger partial charge in [0, 0.05) is 6.20 Å². The Labute approximate surface area is 137 Å². The summed E-state index contributed by atoms with van der Waals surface area (Å²) in [5.41, 5.74) is 1.51. The summed E-state index contributed by atoms with van der Waals surface area (Å²) in [5.74, 6) is -0.512. The molecule has 124 valence electrons. The Morgan fingerprint density at radius 3 is 2.65 bits per heavy atom. The first-order valence-corrected chi connectivity index (χ1v) is 7.23. The highest BCUT2D eigenvalue weighted by Crippen LogP contribution is 2.28. The van der Waals surface area contributed by atoms with Crippen LogP contribution >= 0.6 is 11.6 Å². The molecule has 23 heavy (non-hydrogen) atoms. The molecule has 1 aromatic carbocycles. The minimum atomic E-state index is -2.97. The van der Waals surface area contributed by atoms with Crippen molar-refractivity contribution in [3.8, 4) is 5.75 Å². The zero-order chi connectivity index (χ0) is 17.1. The largest absolute Gasteiger partial charge is 0.433 e. The highest BCUT2D eigenvalue weighted by Gasteiger charge is 2.19. The number of hydrogen-bond acceptors (Lipinski definition) is 3. The number of benzene rings is 1. The maximum Gasteiger partial charge on any atom is 0.387 e. The van der Waals surface area contributed by atoms with Crippen LogP contribution in [-0.4, -0.2) is 22.3 Å². The lowest BCUT2D eigenvalue weighted by atomic mass is 10.2. The van der Waals surface area contributed by atoms with Crippen LogP contribution < -0.4 is 10.1 Å². The van der Waals surface area contributed by atoms with Crippen molar-refractivity contribution in [2.75, 3.05) is 5.32 Å². The van der Waals surface area contributed by atoms with E-state index in [1.165, 1.54) is 23.0 Å². The summed E-state index contributed by atoms with van der Waals surface area (Å²) in [6.07, 6.45) is 1.53.